The maximum Gasteiger partial charge on any atom is 0.264 e. The predicted molar refractivity (Wildman–Crippen MR) is 104 cm³/mol. The highest BCUT2D eigenvalue weighted by molar-refractivity contribution is 5.77. The second-order valence-corrected chi connectivity index (χ2v) is 7.20. The normalized spacial score (nSPS) is 15.1. The van der Waals surface area contributed by atoms with Crippen LogP contribution in [0.4, 0.5) is 0 Å². The fourth-order valence-electron chi connectivity index (χ4n) is 3.53. The number of rotatable bonds is 4. The summed E-state index contributed by atoms with van der Waals surface area (Å²) in [6.45, 7) is 3.26. The van der Waals surface area contributed by atoms with E-state index >= 15 is 0 Å². The summed E-state index contributed by atoms with van der Waals surface area (Å²) >= 11 is 0. The number of hydrogen-bond acceptors (Lipinski definition) is 5. The molecule has 1 aliphatic heterocycles. The van der Waals surface area contributed by atoms with Gasteiger partial charge in [0.15, 0.2) is 5.65 Å². The van der Waals surface area contributed by atoms with Crippen LogP contribution < -0.4 is 10.3 Å². The lowest BCUT2D eigenvalue weighted by Gasteiger charge is -2.32. The lowest BCUT2D eigenvalue weighted by atomic mass is 10.1. The zero-order valence-corrected chi connectivity index (χ0v) is 16.0. The number of aryl methyl sites for hydroxylation is 2. The summed E-state index contributed by atoms with van der Waals surface area (Å²) in [5.41, 5.74) is 1.43. The maximum atomic E-state index is 12.6. The lowest BCUT2D eigenvalue weighted by Crippen LogP contribution is -2.44. The quantitative estimate of drug-likeness (QED) is 0.684. The first-order valence-electron chi connectivity index (χ1n) is 9.39. The van der Waals surface area contributed by atoms with E-state index in [1.165, 1.54) is 17.1 Å². The number of piperidine rings is 1. The molecule has 0 radical (unpaired) electrons. The molecule has 4 rings (SSSR count). The van der Waals surface area contributed by atoms with E-state index in [2.05, 4.69) is 10.1 Å². The highest BCUT2D eigenvalue weighted by Gasteiger charge is 2.24. The van der Waals surface area contributed by atoms with Crippen molar-refractivity contribution in [2.75, 3.05) is 13.1 Å². The third-order valence-electron chi connectivity index (χ3n) is 5.11. The van der Waals surface area contributed by atoms with Crippen LogP contribution in [0.15, 0.2) is 41.6 Å². The van der Waals surface area contributed by atoms with E-state index in [-0.39, 0.29) is 24.1 Å². The molecule has 0 bridgehead atoms. The second kappa shape index (κ2) is 7.46. The molecule has 2 aromatic heterocycles. The van der Waals surface area contributed by atoms with E-state index in [4.69, 9.17) is 4.74 Å². The third kappa shape index (κ3) is 3.62. The van der Waals surface area contributed by atoms with Crippen LogP contribution in [0.2, 0.25) is 0 Å². The van der Waals surface area contributed by atoms with Gasteiger partial charge in [0.2, 0.25) is 5.91 Å². The minimum Gasteiger partial charge on any atom is -0.490 e. The number of hydrogen-bond donors (Lipinski definition) is 0. The summed E-state index contributed by atoms with van der Waals surface area (Å²) in [5.74, 6) is 0.785. The predicted octanol–water partition coefficient (Wildman–Crippen LogP) is 1.51. The van der Waals surface area contributed by atoms with E-state index in [0.29, 0.717) is 24.1 Å². The Morgan fingerprint density at radius 2 is 2.07 bits per heavy atom. The van der Waals surface area contributed by atoms with Gasteiger partial charge in [-0.15, -0.1) is 0 Å². The molecule has 0 unspecified atom stereocenters. The summed E-state index contributed by atoms with van der Waals surface area (Å²) in [5, 5.41) is 4.47. The zero-order valence-electron chi connectivity index (χ0n) is 16.0. The standard InChI is InChI=1S/C20H23N5O3/c1-14-4-3-5-16(10-14)28-15-6-8-24(9-7-15)18(26)12-25-13-21-19-17(20(25)27)11-22-23(19)2/h3-5,10-11,13,15H,6-9,12H2,1-2H3. The van der Waals surface area contributed by atoms with Gasteiger partial charge < -0.3 is 9.64 Å². The fraction of sp³-hybridized carbons (Fsp3) is 0.400. The number of aromatic nitrogens is 4. The van der Waals surface area contributed by atoms with Crippen molar-refractivity contribution in [3.8, 4) is 5.75 Å². The molecule has 0 spiro atoms. The van der Waals surface area contributed by atoms with Crippen molar-refractivity contribution in [1.82, 2.24) is 24.2 Å². The van der Waals surface area contributed by atoms with Gasteiger partial charge in [-0.1, -0.05) is 12.1 Å². The van der Waals surface area contributed by atoms with Crippen LogP contribution in [-0.2, 0) is 18.4 Å². The number of nitrogens with zero attached hydrogens (tertiary/aromatic N) is 5. The summed E-state index contributed by atoms with van der Waals surface area (Å²) in [4.78, 5) is 31.2. The van der Waals surface area contributed by atoms with Crippen LogP contribution in [0.25, 0.3) is 11.0 Å². The second-order valence-electron chi connectivity index (χ2n) is 7.20. The molecule has 28 heavy (non-hydrogen) atoms. The molecule has 0 atom stereocenters. The first kappa shape index (κ1) is 18.2. The van der Waals surface area contributed by atoms with Crippen molar-refractivity contribution < 1.29 is 9.53 Å². The Morgan fingerprint density at radius 3 is 2.82 bits per heavy atom. The topological polar surface area (TPSA) is 82.2 Å². The number of ether oxygens (including phenoxy) is 1. The molecule has 0 N–H and O–H groups in total. The van der Waals surface area contributed by atoms with Crippen molar-refractivity contribution in [2.45, 2.75) is 32.4 Å². The van der Waals surface area contributed by atoms with Crippen molar-refractivity contribution in [1.29, 1.82) is 0 Å². The van der Waals surface area contributed by atoms with Crippen LogP contribution >= 0.6 is 0 Å². The maximum absolute atomic E-state index is 12.6. The van der Waals surface area contributed by atoms with Crippen LogP contribution in [-0.4, -0.2) is 49.3 Å². The molecule has 1 amide bonds. The monoisotopic (exact) mass is 381 g/mol. The Morgan fingerprint density at radius 1 is 1.29 bits per heavy atom. The van der Waals surface area contributed by atoms with Crippen molar-refractivity contribution >= 4 is 16.9 Å². The molecule has 3 aromatic rings. The molecule has 8 nitrogen and oxygen atoms in total. The minimum absolute atomic E-state index is 0.0138. The first-order valence-corrected chi connectivity index (χ1v) is 9.39. The van der Waals surface area contributed by atoms with E-state index in [1.807, 2.05) is 31.2 Å². The van der Waals surface area contributed by atoms with Gasteiger partial charge >= 0.3 is 0 Å². The average molecular weight is 381 g/mol. The van der Waals surface area contributed by atoms with Gasteiger partial charge in [-0.3, -0.25) is 18.8 Å². The fourth-order valence-corrected chi connectivity index (χ4v) is 3.53. The van der Waals surface area contributed by atoms with Gasteiger partial charge in [-0.2, -0.15) is 5.10 Å². The minimum atomic E-state index is -0.246. The van der Waals surface area contributed by atoms with Crippen LogP contribution in [0.5, 0.6) is 5.75 Å². The largest absolute Gasteiger partial charge is 0.490 e. The van der Waals surface area contributed by atoms with Gasteiger partial charge in [0.05, 0.1) is 6.20 Å². The smallest absolute Gasteiger partial charge is 0.264 e. The molecule has 146 valence electrons. The molecular formula is C20H23N5O3. The van der Waals surface area contributed by atoms with Gasteiger partial charge in [-0.25, -0.2) is 4.98 Å². The first-order chi connectivity index (χ1) is 13.5. The summed E-state index contributed by atoms with van der Waals surface area (Å²) < 4.78 is 8.93. The average Bonchev–Trinajstić information content (AvgIpc) is 3.06. The Bertz CT molecular complexity index is 1060. The Kier molecular flexibility index (Phi) is 4.85. The van der Waals surface area contributed by atoms with E-state index in [1.54, 1.807) is 16.6 Å². The lowest BCUT2D eigenvalue weighted by molar-refractivity contribution is -0.133. The number of carbonyl (C=O) groups is 1. The zero-order chi connectivity index (χ0) is 19.7. The van der Waals surface area contributed by atoms with E-state index < -0.39 is 0 Å². The number of fused-ring (bicyclic) bond motifs is 1. The van der Waals surface area contributed by atoms with Gasteiger partial charge in [0.25, 0.3) is 5.56 Å². The Labute approximate surface area is 162 Å². The molecule has 3 heterocycles. The molecular weight excluding hydrogens is 358 g/mol. The number of likely N-dealkylation sites (tertiary alicyclic amines) is 1. The molecule has 1 aromatic carbocycles. The molecule has 0 saturated carbocycles. The SMILES string of the molecule is Cc1cccc(OC2CCN(C(=O)Cn3cnc4c(cnn4C)c3=O)CC2)c1. The molecule has 8 heteroatoms. The Balaban J connectivity index is 1.37. The highest BCUT2D eigenvalue weighted by atomic mass is 16.5. The van der Waals surface area contributed by atoms with Crippen LogP contribution in [0, 0.1) is 6.92 Å². The number of benzene rings is 1. The van der Waals surface area contributed by atoms with E-state index in [9.17, 15) is 9.59 Å². The third-order valence-corrected chi connectivity index (χ3v) is 5.11. The van der Waals surface area contributed by atoms with E-state index in [0.717, 1.165) is 24.2 Å². The molecule has 0 aliphatic carbocycles. The highest BCUT2D eigenvalue weighted by Crippen LogP contribution is 2.20. The van der Waals surface area contributed by atoms with Crippen LogP contribution in [0.1, 0.15) is 18.4 Å². The van der Waals surface area contributed by atoms with Crippen LogP contribution in [0.3, 0.4) is 0 Å². The van der Waals surface area contributed by atoms with Gasteiger partial charge in [0.1, 0.15) is 30.1 Å². The summed E-state index contributed by atoms with van der Waals surface area (Å²) in [6.07, 6.45) is 4.54. The molecule has 1 saturated heterocycles. The van der Waals surface area contributed by atoms with Crippen molar-refractivity contribution in [3.63, 3.8) is 0 Å². The molecule has 1 aliphatic rings. The van der Waals surface area contributed by atoms with Gasteiger partial charge in [-0.05, 0) is 24.6 Å². The molecule has 1 fully saturated rings. The Hall–Kier alpha value is -3.16. The summed E-state index contributed by atoms with van der Waals surface area (Å²) in [6, 6.07) is 7.99. The van der Waals surface area contributed by atoms with Crippen molar-refractivity contribution in [2.24, 2.45) is 7.05 Å². The summed E-state index contributed by atoms with van der Waals surface area (Å²) in [7, 11) is 1.73. The number of amides is 1. The number of carbonyl (C=O) groups excluding carboxylic acids is 1. The van der Waals surface area contributed by atoms with Gasteiger partial charge in [0, 0.05) is 33.0 Å². The van der Waals surface area contributed by atoms with Crippen molar-refractivity contribution in [3.05, 3.63) is 52.7 Å².